The third kappa shape index (κ3) is 4.34. The highest BCUT2D eigenvalue weighted by molar-refractivity contribution is 7.94. The van der Waals surface area contributed by atoms with Crippen molar-refractivity contribution in [2.24, 2.45) is 0 Å². The number of anilines is 1. The summed E-state index contributed by atoms with van der Waals surface area (Å²) in [4.78, 5) is 12.2. The second-order valence-electron chi connectivity index (χ2n) is 5.45. The summed E-state index contributed by atoms with van der Waals surface area (Å²) in [5, 5.41) is 3.66. The van der Waals surface area contributed by atoms with Gasteiger partial charge in [0.25, 0.3) is 10.0 Å². The highest BCUT2D eigenvalue weighted by Gasteiger charge is 2.21. The van der Waals surface area contributed by atoms with Crippen LogP contribution in [0.15, 0.2) is 51.2 Å². The van der Waals surface area contributed by atoms with Crippen LogP contribution in [0, 0.1) is 0 Å². The molecule has 0 aliphatic heterocycles. The predicted molar refractivity (Wildman–Crippen MR) is 104 cm³/mol. The Balaban J connectivity index is 1.82. The molecule has 8 nitrogen and oxygen atoms in total. The van der Waals surface area contributed by atoms with Crippen LogP contribution in [0.1, 0.15) is 24.3 Å². The first-order chi connectivity index (χ1) is 13.4. The summed E-state index contributed by atoms with van der Waals surface area (Å²) in [6.07, 6.45) is 0. The number of ether oxygens (including phenoxy) is 2. The summed E-state index contributed by atoms with van der Waals surface area (Å²) in [6, 6.07) is 11.2. The van der Waals surface area contributed by atoms with E-state index in [1.165, 1.54) is 12.1 Å². The van der Waals surface area contributed by atoms with Crippen LogP contribution in [0.4, 0.5) is 5.69 Å². The molecular weight excluding hydrogens is 404 g/mol. The van der Waals surface area contributed by atoms with Crippen molar-refractivity contribution in [2.45, 2.75) is 18.1 Å². The molecule has 0 atom stereocenters. The van der Waals surface area contributed by atoms with Gasteiger partial charge in [0.15, 0.2) is 11.5 Å². The molecule has 0 amide bonds. The fourth-order valence-electron chi connectivity index (χ4n) is 2.32. The summed E-state index contributed by atoms with van der Waals surface area (Å²) >= 11 is 0.993. The van der Waals surface area contributed by atoms with E-state index in [2.05, 4.69) is 9.88 Å². The number of rotatable bonds is 8. The summed E-state index contributed by atoms with van der Waals surface area (Å²) in [5.74, 6) is 0.125. The molecule has 2 aromatic heterocycles. The lowest BCUT2D eigenvalue weighted by atomic mass is 10.3. The Morgan fingerprint density at radius 2 is 1.96 bits per heavy atom. The monoisotopic (exact) mass is 422 g/mol. The van der Waals surface area contributed by atoms with E-state index in [1.54, 1.807) is 37.3 Å². The molecule has 0 unspecified atom stereocenters. The average Bonchev–Trinajstić information content (AvgIpc) is 3.33. The van der Waals surface area contributed by atoms with Gasteiger partial charge in [0, 0.05) is 6.07 Å². The van der Waals surface area contributed by atoms with Gasteiger partial charge in [-0.15, -0.1) is 11.3 Å². The maximum atomic E-state index is 12.7. The van der Waals surface area contributed by atoms with Crippen LogP contribution in [0.2, 0.25) is 0 Å². The quantitative estimate of drug-likeness (QED) is 0.550. The summed E-state index contributed by atoms with van der Waals surface area (Å²) in [6.45, 7) is 4.14. The molecule has 28 heavy (non-hydrogen) atoms. The fourth-order valence-corrected chi connectivity index (χ4v) is 4.64. The molecule has 3 rings (SSSR count). The van der Waals surface area contributed by atoms with Crippen LogP contribution in [-0.2, 0) is 14.8 Å². The van der Waals surface area contributed by atoms with E-state index in [-0.39, 0.29) is 22.3 Å². The first-order valence-electron chi connectivity index (χ1n) is 8.43. The van der Waals surface area contributed by atoms with E-state index in [4.69, 9.17) is 14.0 Å². The van der Waals surface area contributed by atoms with Crippen molar-refractivity contribution < 1.29 is 27.2 Å². The number of carbonyl (C=O) groups excluding carboxylic acids is 1. The van der Waals surface area contributed by atoms with Crippen LogP contribution in [-0.4, -0.2) is 32.8 Å². The summed E-state index contributed by atoms with van der Waals surface area (Å²) in [7, 11) is -3.82. The van der Waals surface area contributed by atoms with Gasteiger partial charge < -0.3 is 14.0 Å². The van der Waals surface area contributed by atoms with Crippen LogP contribution < -0.4 is 9.46 Å². The van der Waals surface area contributed by atoms with Gasteiger partial charge in [-0.3, -0.25) is 4.72 Å². The zero-order valence-corrected chi connectivity index (χ0v) is 16.8. The average molecular weight is 422 g/mol. The van der Waals surface area contributed by atoms with Gasteiger partial charge in [-0.1, -0.05) is 17.3 Å². The molecule has 3 aromatic rings. The standard InChI is InChI=1S/C18H18N2O6S2/c1-3-24-14-8-6-5-7-12(14)20-28(22,23)17-10-9-16(27-17)15-11-13(19-26-15)18(21)25-4-2/h5-11,20H,3-4H2,1-2H3. The number of hydrogen-bond donors (Lipinski definition) is 1. The van der Waals surface area contributed by atoms with Gasteiger partial charge >= 0.3 is 5.97 Å². The number of hydrogen-bond acceptors (Lipinski definition) is 8. The van der Waals surface area contributed by atoms with Gasteiger partial charge in [-0.05, 0) is 38.1 Å². The molecule has 0 radical (unpaired) electrons. The van der Waals surface area contributed by atoms with Crippen molar-refractivity contribution in [1.82, 2.24) is 5.16 Å². The summed E-state index contributed by atoms with van der Waals surface area (Å²) < 4.78 is 43.5. The lowest BCUT2D eigenvalue weighted by Crippen LogP contribution is -2.12. The molecule has 0 bridgehead atoms. The molecule has 0 spiro atoms. The first kappa shape index (κ1) is 19.9. The van der Waals surface area contributed by atoms with Crippen molar-refractivity contribution in [3.8, 4) is 16.4 Å². The van der Waals surface area contributed by atoms with E-state index < -0.39 is 16.0 Å². The number of carbonyl (C=O) groups is 1. The Kier molecular flexibility index (Phi) is 6.00. The molecule has 0 aliphatic rings. The van der Waals surface area contributed by atoms with Crippen molar-refractivity contribution in [3.63, 3.8) is 0 Å². The number of sulfonamides is 1. The Bertz CT molecular complexity index is 1070. The minimum Gasteiger partial charge on any atom is -0.492 e. The molecule has 1 aromatic carbocycles. The molecule has 0 saturated carbocycles. The number of para-hydroxylation sites is 2. The van der Waals surface area contributed by atoms with E-state index in [0.29, 0.717) is 22.9 Å². The zero-order chi connectivity index (χ0) is 20.1. The molecule has 2 heterocycles. The van der Waals surface area contributed by atoms with E-state index in [0.717, 1.165) is 11.3 Å². The topological polar surface area (TPSA) is 108 Å². The lowest BCUT2D eigenvalue weighted by Gasteiger charge is -2.11. The molecule has 0 saturated heterocycles. The maximum absolute atomic E-state index is 12.7. The van der Waals surface area contributed by atoms with Crippen LogP contribution in [0.25, 0.3) is 10.6 Å². The second-order valence-corrected chi connectivity index (χ2v) is 8.44. The van der Waals surface area contributed by atoms with Crippen molar-refractivity contribution in [1.29, 1.82) is 0 Å². The number of nitrogens with zero attached hydrogens (tertiary/aromatic N) is 1. The molecule has 148 valence electrons. The number of aromatic nitrogens is 1. The molecule has 0 fully saturated rings. The van der Waals surface area contributed by atoms with Gasteiger partial charge in [-0.25, -0.2) is 13.2 Å². The third-order valence-corrected chi connectivity index (χ3v) is 6.47. The van der Waals surface area contributed by atoms with E-state index in [9.17, 15) is 13.2 Å². The van der Waals surface area contributed by atoms with E-state index in [1.807, 2.05) is 6.92 Å². The highest BCUT2D eigenvalue weighted by atomic mass is 32.2. The number of benzene rings is 1. The van der Waals surface area contributed by atoms with Crippen molar-refractivity contribution >= 4 is 33.0 Å². The Morgan fingerprint density at radius 3 is 2.71 bits per heavy atom. The minimum absolute atomic E-state index is 0.0263. The number of thiophene rings is 1. The largest absolute Gasteiger partial charge is 0.492 e. The Morgan fingerprint density at radius 1 is 1.18 bits per heavy atom. The molecule has 10 heteroatoms. The van der Waals surface area contributed by atoms with Crippen molar-refractivity contribution in [2.75, 3.05) is 17.9 Å². The number of esters is 1. The van der Waals surface area contributed by atoms with Crippen molar-refractivity contribution in [3.05, 3.63) is 48.2 Å². The lowest BCUT2D eigenvalue weighted by molar-refractivity contribution is 0.0514. The molecular formula is C18H18N2O6S2. The third-order valence-electron chi connectivity index (χ3n) is 3.51. The zero-order valence-electron chi connectivity index (χ0n) is 15.2. The molecule has 1 N–H and O–H groups in total. The SMILES string of the molecule is CCOC(=O)c1cc(-c2ccc(S(=O)(=O)Nc3ccccc3OCC)s2)on1. The molecule has 0 aliphatic carbocycles. The normalized spacial score (nSPS) is 11.2. The van der Waals surface area contributed by atoms with Crippen LogP contribution >= 0.6 is 11.3 Å². The second kappa shape index (κ2) is 8.44. The maximum Gasteiger partial charge on any atom is 0.360 e. The summed E-state index contributed by atoms with van der Waals surface area (Å²) in [5.41, 5.74) is 0.377. The Hall–Kier alpha value is -2.85. The minimum atomic E-state index is -3.82. The first-order valence-corrected chi connectivity index (χ1v) is 10.7. The fraction of sp³-hybridized carbons (Fsp3) is 0.222. The van der Waals surface area contributed by atoms with Crippen LogP contribution in [0.3, 0.4) is 0 Å². The Labute approximate surface area is 166 Å². The van der Waals surface area contributed by atoms with Gasteiger partial charge in [0.05, 0.1) is 23.8 Å². The highest BCUT2D eigenvalue weighted by Crippen LogP contribution is 2.33. The van der Waals surface area contributed by atoms with Gasteiger partial charge in [0.1, 0.15) is 9.96 Å². The smallest absolute Gasteiger partial charge is 0.360 e. The van der Waals surface area contributed by atoms with Gasteiger partial charge in [-0.2, -0.15) is 0 Å². The van der Waals surface area contributed by atoms with Gasteiger partial charge in [0.2, 0.25) is 0 Å². The van der Waals surface area contributed by atoms with Crippen LogP contribution in [0.5, 0.6) is 5.75 Å². The number of nitrogens with one attached hydrogen (secondary N) is 1. The van der Waals surface area contributed by atoms with E-state index >= 15 is 0 Å². The predicted octanol–water partition coefficient (Wildman–Crippen LogP) is 3.78.